The molecule has 0 unspecified atom stereocenters. The number of esters is 1. The van der Waals surface area contributed by atoms with Gasteiger partial charge < -0.3 is 4.74 Å². The Morgan fingerprint density at radius 3 is 3.00 bits per heavy atom. The molecule has 0 bridgehead atoms. The minimum atomic E-state index is -0.502. The molecule has 9 heavy (non-hydrogen) atoms. The Balaban J connectivity index is 3.29. The van der Waals surface area contributed by atoms with E-state index in [4.69, 9.17) is 5.26 Å². The smallest absolute Gasteiger partial charge is 0.320 e. The van der Waals surface area contributed by atoms with Gasteiger partial charge in [0.1, 0.15) is 13.0 Å². The van der Waals surface area contributed by atoms with Gasteiger partial charge in [0.25, 0.3) is 0 Å². The third kappa shape index (κ3) is 4.56. The van der Waals surface area contributed by atoms with Gasteiger partial charge in [-0.15, -0.1) is 0 Å². The lowest BCUT2D eigenvalue weighted by molar-refractivity contribution is -0.141. The van der Waals surface area contributed by atoms with Crippen LogP contribution in [0.4, 0.5) is 0 Å². The molecule has 0 saturated heterocycles. The molecule has 3 nitrogen and oxygen atoms in total. The first-order valence-corrected chi connectivity index (χ1v) is 2.44. The zero-order valence-electron chi connectivity index (χ0n) is 4.96. The molecule has 0 saturated carbocycles. The zero-order chi connectivity index (χ0) is 7.11. The predicted octanol–water partition coefficient (Wildman–Crippen LogP) is 0.629. The molecular weight excluding hydrogens is 118 g/mol. The molecule has 3 heteroatoms. The summed E-state index contributed by atoms with van der Waals surface area (Å²) in [5, 5.41) is 7.96. The van der Waals surface area contributed by atoms with Crippen LogP contribution in [0, 0.1) is 11.3 Å². The molecule has 0 radical (unpaired) electrons. The van der Waals surface area contributed by atoms with Crippen LogP contribution in [0.15, 0.2) is 12.7 Å². The maximum Gasteiger partial charge on any atom is 0.320 e. The molecule has 0 fully saturated rings. The summed E-state index contributed by atoms with van der Waals surface area (Å²) in [4.78, 5) is 10.3. The number of ether oxygens (including phenoxy) is 1. The summed E-state index contributed by atoms with van der Waals surface area (Å²) in [6.45, 7) is 3.51. The van der Waals surface area contributed by atoms with Crippen LogP contribution >= 0.6 is 0 Å². The van der Waals surface area contributed by atoms with E-state index in [2.05, 4.69) is 11.3 Å². The van der Waals surface area contributed by atoms with Crippen molar-refractivity contribution in [3.05, 3.63) is 12.7 Å². The fraction of sp³-hybridized carbons (Fsp3) is 0.333. The van der Waals surface area contributed by atoms with Gasteiger partial charge in [-0.2, -0.15) is 5.26 Å². The van der Waals surface area contributed by atoms with Crippen LogP contribution in [-0.2, 0) is 9.53 Å². The maximum atomic E-state index is 10.3. The van der Waals surface area contributed by atoms with E-state index in [1.165, 1.54) is 6.08 Å². The lowest BCUT2D eigenvalue weighted by Gasteiger charge is -1.93. The first-order valence-electron chi connectivity index (χ1n) is 2.44. The van der Waals surface area contributed by atoms with Crippen LogP contribution in [-0.4, -0.2) is 12.6 Å². The van der Waals surface area contributed by atoms with Crippen molar-refractivity contribution in [1.82, 2.24) is 0 Å². The van der Waals surface area contributed by atoms with Gasteiger partial charge in [0.15, 0.2) is 0 Å². The molecule has 0 aliphatic heterocycles. The third-order valence-corrected chi connectivity index (χ3v) is 0.586. The summed E-state index contributed by atoms with van der Waals surface area (Å²) < 4.78 is 4.45. The summed E-state index contributed by atoms with van der Waals surface area (Å²) in [6, 6.07) is 1.67. The summed E-state index contributed by atoms with van der Waals surface area (Å²) in [5.74, 6) is -0.502. The minimum absolute atomic E-state index is 0.181. The average Bonchev–Trinajstić information content (AvgIpc) is 1.85. The van der Waals surface area contributed by atoms with E-state index in [1.54, 1.807) is 6.07 Å². The highest BCUT2D eigenvalue weighted by atomic mass is 16.5. The molecule has 0 spiro atoms. The van der Waals surface area contributed by atoms with E-state index in [-0.39, 0.29) is 13.0 Å². The van der Waals surface area contributed by atoms with Crippen molar-refractivity contribution >= 4 is 5.97 Å². The van der Waals surface area contributed by atoms with Crippen molar-refractivity contribution < 1.29 is 9.53 Å². The van der Waals surface area contributed by atoms with Crippen LogP contribution < -0.4 is 0 Å². The summed E-state index contributed by atoms with van der Waals surface area (Å²) >= 11 is 0. The van der Waals surface area contributed by atoms with Gasteiger partial charge in [0.2, 0.25) is 0 Å². The van der Waals surface area contributed by atoms with Gasteiger partial charge in [-0.1, -0.05) is 12.7 Å². The number of hydrogen-bond acceptors (Lipinski definition) is 3. The SMILES string of the molecule is C=CCOC(=O)CC#N. The molecule has 0 atom stereocenters. The number of nitriles is 1. The lowest BCUT2D eigenvalue weighted by Crippen LogP contribution is -2.01. The molecule has 0 aliphatic carbocycles. The molecule has 48 valence electrons. The van der Waals surface area contributed by atoms with Gasteiger partial charge in [0, 0.05) is 0 Å². The number of carbonyl (C=O) groups excluding carboxylic acids is 1. The first kappa shape index (κ1) is 7.70. The van der Waals surface area contributed by atoms with Gasteiger partial charge in [-0.05, 0) is 0 Å². The molecule has 0 amide bonds. The summed E-state index contributed by atoms with van der Waals surface area (Å²) in [6.07, 6.45) is 1.27. The molecular formula is C6H7NO2. The van der Waals surface area contributed by atoms with Gasteiger partial charge in [-0.3, -0.25) is 4.79 Å². The number of hydrogen-bond donors (Lipinski definition) is 0. The van der Waals surface area contributed by atoms with Crippen molar-refractivity contribution in [2.75, 3.05) is 6.61 Å². The molecule has 0 aromatic rings. The Morgan fingerprint density at radius 2 is 2.56 bits per heavy atom. The lowest BCUT2D eigenvalue weighted by atomic mass is 10.5. The Labute approximate surface area is 53.5 Å². The summed E-state index contributed by atoms with van der Waals surface area (Å²) in [7, 11) is 0. The summed E-state index contributed by atoms with van der Waals surface area (Å²) in [5.41, 5.74) is 0. The van der Waals surface area contributed by atoms with Crippen molar-refractivity contribution in [3.8, 4) is 6.07 Å². The Bertz CT molecular complexity index is 146. The maximum absolute atomic E-state index is 10.3. The van der Waals surface area contributed by atoms with E-state index in [9.17, 15) is 4.79 Å². The Kier molecular flexibility index (Phi) is 4.15. The predicted molar refractivity (Wildman–Crippen MR) is 31.4 cm³/mol. The molecule has 0 aromatic heterocycles. The zero-order valence-corrected chi connectivity index (χ0v) is 4.96. The number of carbonyl (C=O) groups is 1. The quantitative estimate of drug-likeness (QED) is 0.410. The van der Waals surface area contributed by atoms with Crippen LogP contribution in [0.25, 0.3) is 0 Å². The average molecular weight is 125 g/mol. The van der Waals surface area contributed by atoms with E-state index < -0.39 is 5.97 Å². The molecule has 0 aliphatic rings. The van der Waals surface area contributed by atoms with Crippen molar-refractivity contribution in [3.63, 3.8) is 0 Å². The van der Waals surface area contributed by atoms with Crippen molar-refractivity contribution in [2.24, 2.45) is 0 Å². The van der Waals surface area contributed by atoms with Crippen molar-refractivity contribution in [2.45, 2.75) is 6.42 Å². The largest absolute Gasteiger partial charge is 0.461 e. The first-order chi connectivity index (χ1) is 4.31. The van der Waals surface area contributed by atoms with E-state index in [0.29, 0.717) is 0 Å². The highest BCUT2D eigenvalue weighted by Crippen LogP contribution is 1.82. The second-order valence-corrected chi connectivity index (χ2v) is 1.31. The second kappa shape index (κ2) is 4.85. The highest BCUT2D eigenvalue weighted by Gasteiger charge is 1.96. The molecule has 0 aromatic carbocycles. The van der Waals surface area contributed by atoms with Gasteiger partial charge in [-0.25, -0.2) is 0 Å². The fourth-order valence-electron chi connectivity index (χ4n) is 0.267. The van der Waals surface area contributed by atoms with Gasteiger partial charge in [0.05, 0.1) is 6.07 Å². The normalized spacial score (nSPS) is 7.44. The minimum Gasteiger partial charge on any atom is -0.461 e. The van der Waals surface area contributed by atoms with E-state index in [0.717, 1.165) is 0 Å². The van der Waals surface area contributed by atoms with Crippen molar-refractivity contribution in [1.29, 1.82) is 5.26 Å². The third-order valence-electron chi connectivity index (χ3n) is 0.586. The Hall–Kier alpha value is -1.30. The van der Waals surface area contributed by atoms with Gasteiger partial charge >= 0.3 is 5.97 Å². The monoisotopic (exact) mass is 125 g/mol. The second-order valence-electron chi connectivity index (χ2n) is 1.31. The Morgan fingerprint density at radius 1 is 1.89 bits per heavy atom. The van der Waals surface area contributed by atoms with Crippen LogP contribution in [0.1, 0.15) is 6.42 Å². The van der Waals surface area contributed by atoms with Crippen LogP contribution in [0.5, 0.6) is 0 Å². The molecule has 0 N–H and O–H groups in total. The van der Waals surface area contributed by atoms with E-state index >= 15 is 0 Å². The molecule has 0 heterocycles. The molecule has 0 rings (SSSR count). The number of rotatable bonds is 3. The number of nitrogens with zero attached hydrogens (tertiary/aromatic N) is 1. The highest BCUT2D eigenvalue weighted by molar-refractivity contribution is 5.71. The van der Waals surface area contributed by atoms with Crippen LogP contribution in [0.2, 0.25) is 0 Å². The topological polar surface area (TPSA) is 50.1 Å². The fourth-order valence-corrected chi connectivity index (χ4v) is 0.267. The standard InChI is InChI=1S/C6H7NO2/c1-2-5-9-6(8)3-4-7/h2H,1,3,5H2. The van der Waals surface area contributed by atoms with E-state index in [1.807, 2.05) is 0 Å². The van der Waals surface area contributed by atoms with Crippen LogP contribution in [0.3, 0.4) is 0 Å².